The summed E-state index contributed by atoms with van der Waals surface area (Å²) in [5.74, 6) is -0.139. The molecule has 1 aromatic carbocycles. The minimum absolute atomic E-state index is 0.139. The molecule has 0 bridgehead atoms. The maximum absolute atomic E-state index is 13.2. The molecule has 2 rings (SSSR count). The van der Waals surface area contributed by atoms with E-state index >= 15 is 0 Å². The van der Waals surface area contributed by atoms with Crippen LogP contribution in [0.1, 0.15) is 13.3 Å². The van der Waals surface area contributed by atoms with E-state index < -0.39 is 0 Å². The Balaban J connectivity index is 2.31. The summed E-state index contributed by atoms with van der Waals surface area (Å²) >= 11 is 1.77. The van der Waals surface area contributed by atoms with Gasteiger partial charge >= 0.3 is 0 Å². The number of hydrogen-bond donors (Lipinski definition) is 1. The second-order valence-corrected chi connectivity index (χ2v) is 4.48. The Labute approximate surface area is 81.7 Å². The van der Waals surface area contributed by atoms with Crippen LogP contribution in [0, 0.1) is 5.82 Å². The molecular formula is C10H12FNS. The normalized spacial score (nSPS) is 20.6. The van der Waals surface area contributed by atoms with Crippen LogP contribution in [0.4, 0.5) is 10.1 Å². The van der Waals surface area contributed by atoms with E-state index in [1.165, 1.54) is 6.07 Å². The van der Waals surface area contributed by atoms with E-state index in [0.717, 1.165) is 17.9 Å². The average molecular weight is 197 g/mol. The lowest BCUT2D eigenvalue weighted by Crippen LogP contribution is -2.21. The van der Waals surface area contributed by atoms with Gasteiger partial charge in [0.25, 0.3) is 0 Å². The van der Waals surface area contributed by atoms with Crippen molar-refractivity contribution in [1.29, 1.82) is 0 Å². The third-order valence-electron chi connectivity index (χ3n) is 2.23. The quantitative estimate of drug-likeness (QED) is 0.742. The number of thioether (sulfide) groups is 1. The molecule has 0 fully saturated rings. The van der Waals surface area contributed by atoms with Crippen LogP contribution in [0.25, 0.3) is 0 Å². The number of rotatable bonds is 1. The lowest BCUT2D eigenvalue weighted by Gasteiger charge is -2.24. The number of hydrogen-bond acceptors (Lipinski definition) is 2. The summed E-state index contributed by atoms with van der Waals surface area (Å²) < 4.78 is 13.2. The van der Waals surface area contributed by atoms with Crippen molar-refractivity contribution in [3.05, 3.63) is 24.0 Å². The first-order chi connectivity index (χ1) is 6.31. The van der Waals surface area contributed by atoms with Crippen LogP contribution in [0.3, 0.4) is 0 Å². The molecule has 1 aliphatic heterocycles. The Morgan fingerprint density at radius 1 is 1.62 bits per heavy atom. The van der Waals surface area contributed by atoms with E-state index in [-0.39, 0.29) is 5.82 Å². The van der Waals surface area contributed by atoms with Crippen molar-refractivity contribution >= 4 is 17.4 Å². The van der Waals surface area contributed by atoms with Gasteiger partial charge in [-0.2, -0.15) is 0 Å². The number of benzene rings is 1. The Morgan fingerprint density at radius 3 is 3.23 bits per heavy atom. The number of halogens is 1. The summed E-state index contributed by atoms with van der Waals surface area (Å²) in [6.45, 7) is 3.03. The molecule has 1 heterocycles. The smallest absolute Gasteiger partial charge is 0.147 e. The Kier molecular flexibility index (Phi) is 2.44. The molecule has 3 heteroatoms. The van der Waals surface area contributed by atoms with Gasteiger partial charge in [-0.3, -0.25) is 0 Å². The molecule has 70 valence electrons. The maximum atomic E-state index is 13.2. The fourth-order valence-electron chi connectivity index (χ4n) is 1.44. The average Bonchev–Trinajstić information content (AvgIpc) is 2.18. The van der Waals surface area contributed by atoms with Crippen molar-refractivity contribution in [2.75, 3.05) is 11.9 Å². The molecule has 0 radical (unpaired) electrons. The largest absolute Gasteiger partial charge is 0.381 e. The lowest BCUT2D eigenvalue weighted by atomic mass is 10.2. The highest BCUT2D eigenvalue weighted by atomic mass is 32.2. The highest BCUT2D eigenvalue weighted by Gasteiger charge is 2.19. The van der Waals surface area contributed by atoms with Gasteiger partial charge in [-0.1, -0.05) is 13.0 Å². The van der Waals surface area contributed by atoms with E-state index in [9.17, 15) is 4.39 Å². The summed E-state index contributed by atoms with van der Waals surface area (Å²) in [6.07, 6.45) is 1.12. The van der Waals surface area contributed by atoms with Gasteiger partial charge in [0.2, 0.25) is 0 Å². The molecule has 0 amide bonds. The third kappa shape index (κ3) is 1.66. The van der Waals surface area contributed by atoms with Gasteiger partial charge in [-0.05, 0) is 18.6 Å². The monoisotopic (exact) mass is 197 g/mol. The van der Waals surface area contributed by atoms with Gasteiger partial charge in [-0.15, -0.1) is 11.8 Å². The predicted molar refractivity (Wildman–Crippen MR) is 54.8 cm³/mol. The van der Waals surface area contributed by atoms with E-state index in [2.05, 4.69) is 12.2 Å². The lowest BCUT2D eigenvalue weighted by molar-refractivity contribution is 0.625. The molecule has 1 unspecified atom stereocenters. The van der Waals surface area contributed by atoms with Crippen LogP contribution in [-0.4, -0.2) is 11.8 Å². The number of para-hydroxylation sites is 1. The van der Waals surface area contributed by atoms with Crippen molar-refractivity contribution in [3.63, 3.8) is 0 Å². The summed E-state index contributed by atoms with van der Waals surface area (Å²) in [6, 6.07) is 5.23. The first kappa shape index (κ1) is 8.88. The SMILES string of the molecule is CCC1CNc2c(F)cccc2S1. The van der Waals surface area contributed by atoms with Gasteiger partial charge in [0.15, 0.2) is 0 Å². The van der Waals surface area contributed by atoms with Crippen molar-refractivity contribution < 1.29 is 4.39 Å². The molecular weight excluding hydrogens is 185 g/mol. The molecule has 0 aliphatic carbocycles. The van der Waals surface area contributed by atoms with Crippen LogP contribution >= 0.6 is 11.8 Å². The van der Waals surface area contributed by atoms with Gasteiger partial charge in [0.05, 0.1) is 5.69 Å². The third-order valence-corrected chi connectivity index (χ3v) is 3.66. The topological polar surface area (TPSA) is 12.0 Å². The zero-order valence-electron chi connectivity index (χ0n) is 7.51. The fourth-order valence-corrected chi connectivity index (χ4v) is 2.58. The molecule has 1 nitrogen and oxygen atoms in total. The highest BCUT2D eigenvalue weighted by molar-refractivity contribution is 8.00. The Hall–Kier alpha value is -0.700. The summed E-state index contributed by atoms with van der Waals surface area (Å²) in [5, 5.41) is 3.71. The first-order valence-corrected chi connectivity index (χ1v) is 5.38. The van der Waals surface area contributed by atoms with Gasteiger partial charge in [-0.25, -0.2) is 4.39 Å². The molecule has 0 aromatic heterocycles. The summed E-state index contributed by atoms with van der Waals surface area (Å²) in [5.41, 5.74) is 0.678. The van der Waals surface area contributed by atoms with Crippen LogP contribution in [-0.2, 0) is 0 Å². The molecule has 0 saturated carbocycles. The molecule has 1 atom stereocenters. The van der Waals surface area contributed by atoms with E-state index in [4.69, 9.17) is 0 Å². The molecule has 1 N–H and O–H groups in total. The van der Waals surface area contributed by atoms with Gasteiger partial charge in [0.1, 0.15) is 5.82 Å². The van der Waals surface area contributed by atoms with E-state index in [1.807, 2.05) is 6.07 Å². The Bertz CT molecular complexity index is 314. The van der Waals surface area contributed by atoms with Gasteiger partial charge < -0.3 is 5.32 Å². The number of nitrogens with one attached hydrogen (secondary N) is 1. The minimum atomic E-state index is -0.139. The summed E-state index contributed by atoms with van der Waals surface area (Å²) in [7, 11) is 0. The minimum Gasteiger partial charge on any atom is -0.381 e. The standard InChI is InChI=1S/C10H12FNS/c1-2-7-6-12-10-8(11)4-3-5-9(10)13-7/h3-5,7,12H,2,6H2,1H3. The molecule has 0 spiro atoms. The first-order valence-electron chi connectivity index (χ1n) is 4.50. The predicted octanol–water partition coefficient (Wildman–Crippen LogP) is 3.12. The van der Waals surface area contributed by atoms with Crippen LogP contribution in [0.15, 0.2) is 23.1 Å². The van der Waals surface area contributed by atoms with Crippen molar-refractivity contribution in [1.82, 2.24) is 0 Å². The van der Waals surface area contributed by atoms with Crippen LogP contribution in [0.2, 0.25) is 0 Å². The van der Waals surface area contributed by atoms with Gasteiger partial charge in [0, 0.05) is 16.7 Å². The van der Waals surface area contributed by atoms with E-state index in [1.54, 1.807) is 17.8 Å². The van der Waals surface area contributed by atoms with Crippen molar-refractivity contribution in [3.8, 4) is 0 Å². The van der Waals surface area contributed by atoms with Crippen LogP contribution < -0.4 is 5.32 Å². The van der Waals surface area contributed by atoms with E-state index in [0.29, 0.717) is 10.9 Å². The molecule has 13 heavy (non-hydrogen) atoms. The zero-order chi connectivity index (χ0) is 9.26. The molecule has 1 aliphatic rings. The Morgan fingerprint density at radius 2 is 2.46 bits per heavy atom. The van der Waals surface area contributed by atoms with Crippen molar-refractivity contribution in [2.45, 2.75) is 23.5 Å². The maximum Gasteiger partial charge on any atom is 0.147 e. The number of anilines is 1. The number of fused-ring (bicyclic) bond motifs is 1. The molecule has 0 saturated heterocycles. The molecule has 1 aromatic rings. The zero-order valence-corrected chi connectivity index (χ0v) is 8.33. The second kappa shape index (κ2) is 3.58. The highest BCUT2D eigenvalue weighted by Crippen LogP contribution is 2.37. The second-order valence-electron chi connectivity index (χ2n) is 3.14. The van der Waals surface area contributed by atoms with Crippen molar-refractivity contribution in [2.24, 2.45) is 0 Å². The van der Waals surface area contributed by atoms with Crippen LogP contribution in [0.5, 0.6) is 0 Å². The fraction of sp³-hybridized carbons (Fsp3) is 0.400. The summed E-state index contributed by atoms with van der Waals surface area (Å²) in [4.78, 5) is 1.04.